The van der Waals surface area contributed by atoms with Crippen molar-refractivity contribution in [1.29, 1.82) is 0 Å². The zero-order chi connectivity index (χ0) is 12.8. The summed E-state index contributed by atoms with van der Waals surface area (Å²) in [6, 6.07) is 3.27. The fraction of sp³-hybridized carbons (Fsp3) is 0.333. The molecule has 0 aliphatic rings. The molecule has 0 radical (unpaired) electrons. The maximum atomic E-state index is 11.8. The van der Waals surface area contributed by atoms with Crippen LogP contribution in [0, 0.1) is 0 Å². The van der Waals surface area contributed by atoms with Gasteiger partial charge >= 0.3 is 0 Å². The summed E-state index contributed by atoms with van der Waals surface area (Å²) >= 11 is 0. The van der Waals surface area contributed by atoms with Crippen molar-refractivity contribution in [3.63, 3.8) is 0 Å². The molecule has 0 saturated heterocycles. The van der Waals surface area contributed by atoms with Crippen LogP contribution in [0.25, 0.3) is 0 Å². The average Bonchev–Trinajstić information content (AvgIpc) is 2.40. The van der Waals surface area contributed by atoms with E-state index in [0.717, 1.165) is 18.7 Å². The third kappa shape index (κ3) is 3.13. The molecule has 6 heteroatoms. The quantitative estimate of drug-likeness (QED) is 0.847. The van der Waals surface area contributed by atoms with Gasteiger partial charge in [0.25, 0.3) is 5.56 Å². The fourth-order valence-electron chi connectivity index (χ4n) is 1.46. The lowest BCUT2D eigenvalue weighted by Gasteiger charge is -2.06. The van der Waals surface area contributed by atoms with Crippen LogP contribution in [-0.4, -0.2) is 26.3 Å². The topological polar surface area (TPSA) is 72.7 Å². The van der Waals surface area contributed by atoms with Gasteiger partial charge in [0.05, 0.1) is 11.9 Å². The van der Waals surface area contributed by atoms with Gasteiger partial charge in [-0.3, -0.25) is 4.79 Å². The number of hydrogen-bond donors (Lipinski definition) is 1. The molecule has 6 nitrogen and oxygen atoms in total. The Labute approximate surface area is 105 Å². The maximum absolute atomic E-state index is 11.8. The molecule has 2 aromatic rings. The summed E-state index contributed by atoms with van der Waals surface area (Å²) < 4.78 is 1.34. The Bertz CT molecular complexity index is 552. The van der Waals surface area contributed by atoms with Crippen molar-refractivity contribution in [2.75, 3.05) is 11.9 Å². The van der Waals surface area contributed by atoms with Crippen LogP contribution in [0.1, 0.15) is 19.2 Å². The highest BCUT2D eigenvalue weighted by molar-refractivity contribution is 5.38. The van der Waals surface area contributed by atoms with Crippen LogP contribution in [0.3, 0.4) is 0 Å². The van der Waals surface area contributed by atoms with Gasteiger partial charge in [0.1, 0.15) is 12.4 Å². The minimum Gasteiger partial charge on any atom is -0.384 e. The molecular formula is C12H15N5O. The highest BCUT2D eigenvalue weighted by Gasteiger charge is 2.02. The summed E-state index contributed by atoms with van der Waals surface area (Å²) in [5, 5.41) is 7.21. The van der Waals surface area contributed by atoms with E-state index in [1.165, 1.54) is 10.7 Å². The first kappa shape index (κ1) is 12.2. The van der Waals surface area contributed by atoms with E-state index in [-0.39, 0.29) is 12.1 Å². The van der Waals surface area contributed by atoms with Crippen LogP contribution in [0.4, 0.5) is 5.69 Å². The molecule has 0 fully saturated rings. The SMILES string of the molecule is CCCNc1cnn(Cc2ncccn2)c(=O)c1. The minimum absolute atomic E-state index is 0.163. The number of nitrogens with zero attached hydrogens (tertiary/aromatic N) is 4. The molecule has 2 heterocycles. The predicted octanol–water partition coefficient (Wildman–Crippen LogP) is 0.903. The molecular weight excluding hydrogens is 230 g/mol. The monoisotopic (exact) mass is 245 g/mol. The Hall–Kier alpha value is -2.24. The van der Waals surface area contributed by atoms with Crippen molar-refractivity contribution in [2.45, 2.75) is 19.9 Å². The fourth-order valence-corrected chi connectivity index (χ4v) is 1.46. The standard InChI is InChI=1S/C12H15N5O/c1-2-4-13-10-7-12(18)17(16-8-10)9-11-14-5-3-6-15-11/h3,5-8,13H,2,4,9H2,1H3. The van der Waals surface area contributed by atoms with Gasteiger partial charge in [-0.15, -0.1) is 0 Å². The zero-order valence-electron chi connectivity index (χ0n) is 10.2. The molecule has 0 aliphatic carbocycles. The van der Waals surface area contributed by atoms with E-state index in [9.17, 15) is 4.79 Å². The summed E-state index contributed by atoms with van der Waals surface area (Å²) in [5.74, 6) is 0.571. The lowest BCUT2D eigenvalue weighted by atomic mass is 10.4. The third-order valence-electron chi connectivity index (χ3n) is 2.36. The van der Waals surface area contributed by atoms with Gasteiger partial charge in [-0.25, -0.2) is 14.6 Å². The van der Waals surface area contributed by atoms with Gasteiger partial charge in [-0.2, -0.15) is 5.10 Å². The molecule has 18 heavy (non-hydrogen) atoms. The first-order valence-corrected chi connectivity index (χ1v) is 5.86. The van der Waals surface area contributed by atoms with E-state index < -0.39 is 0 Å². The van der Waals surface area contributed by atoms with Gasteiger partial charge in [0.2, 0.25) is 0 Å². The second kappa shape index (κ2) is 5.90. The Morgan fingerprint density at radius 2 is 2.11 bits per heavy atom. The minimum atomic E-state index is -0.163. The van der Waals surface area contributed by atoms with E-state index in [4.69, 9.17) is 0 Å². The molecule has 0 aliphatic heterocycles. The summed E-state index contributed by atoms with van der Waals surface area (Å²) in [4.78, 5) is 19.9. The van der Waals surface area contributed by atoms with Crippen molar-refractivity contribution >= 4 is 5.69 Å². The van der Waals surface area contributed by atoms with Gasteiger partial charge in [-0.05, 0) is 12.5 Å². The van der Waals surface area contributed by atoms with Gasteiger partial charge in [0.15, 0.2) is 0 Å². The predicted molar refractivity (Wildman–Crippen MR) is 68.4 cm³/mol. The maximum Gasteiger partial charge on any atom is 0.269 e. The van der Waals surface area contributed by atoms with Crippen LogP contribution in [0.2, 0.25) is 0 Å². The molecule has 94 valence electrons. The number of hydrogen-bond acceptors (Lipinski definition) is 5. The first-order valence-electron chi connectivity index (χ1n) is 5.86. The van der Waals surface area contributed by atoms with E-state index in [1.54, 1.807) is 24.7 Å². The summed E-state index contributed by atoms with van der Waals surface area (Å²) in [5.41, 5.74) is 0.579. The number of anilines is 1. The van der Waals surface area contributed by atoms with Crippen molar-refractivity contribution in [1.82, 2.24) is 19.7 Å². The van der Waals surface area contributed by atoms with Crippen LogP contribution in [-0.2, 0) is 6.54 Å². The smallest absolute Gasteiger partial charge is 0.269 e. The molecule has 0 unspecified atom stereocenters. The highest BCUT2D eigenvalue weighted by Crippen LogP contribution is 2.00. The summed E-state index contributed by atoms with van der Waals surface area (Å²) in [6.07, 6.45) is 5.93. The molecule has 0 spiro atoms. The Balaban J connectivity index is 2.13. The molecule has 0 aromatic carbocycles. The molecule has 2 rings (SSSR count). The van der Waals surface area contributed by atoms with Crippen molar-refractivity contribution in [2.24, 2.45) is 0 Å². The van der Waals surface area contributed by atoms with Gasteiger partial charge in [-0.1, -0.05) is 6.92 Å². The van der Waals surface area contributed by atoms with E-state index in [1.807, 2.05) is 0 Å². The van der Waals surface area contributed by atoms with Crippen molar-refractivity contribution < 1.29 is 0 Å². The Morgan fingerprint density at radius 1 is 1.33 bits per heavy atom. The largest absolute Gasteiger partial charge is 0.384 e. The number of aromatic nitrogens is 4. The van der Waals surface area contributed by atoms with Crippen LogP contribution < -0.4 is 10.9 Å². The normalized spacial score (nSPS) is 10.3. The van der Waals surface area contributed by atoms with Gasteiger partial charge < -0.3 is 5.32 Å². The second-order valence-electron chi connectivity index (χ2n) is 3.83. The molecule has 0 amide bonds. The van der Waals surface area contributed by atoms with Crippen molar-refractivity contribution in [3.8, 4) is 0 Å². The first-order chi connectivity index (χ1) is 8.79. The second-order valence-corrected chi connectivity index (χ2v) is 3.83. The summed E-state index contributed by atoms with van der Waals surface area (Å²) in [6.45, 7) is 3.18. The zero-order valence-corrected chi connectivity index (χ0v) is 10.2. The van der Waals surface area contributed by atoms with E-state index >= 15 is 0 Å². The molecule has 2 aromatic heterocycles. The van der Waals surface area contributed by atoms with E-state index in [0.29, 0.717) is 5.82 Å². The Morgan fingerprint density at radius 3 is 2.78 bits per heavy atom. The van der Waals surface area contributed by atoms with Crippen molar-refractivity contribution in [3.05, 3.63) is 46.9 Å². The van der Waals surface area contributed by atoms with Crippen LogP contribution in [0.5, 0.6) is 0 Å². The van der Waals surface area contributed by atoms with Crippen LogP contribution in [0.15, 0.2) is 35.5 Å². The average molecular weight is 245 g/mol. The number of rotatable bonds is 5. The van der Waals surface area contributed by atoms with E-state index in [2.05, 4.69) is 27.3 Å². The van der Waals surface area contributed by atoms with Gasteiger partial charge in [0, 0.05) is 25.0 Å². The molecule has 0 bridgehead atoms. The molecule has 0 saturated carbocycles. The lowest BCUT2D eigenvalue weighted by molar-refractivity contribution is 0.614. The highest BCUT2D eigenvalue weighted by atomic mass is 16.1. The Kier molecular flexibility index (Phi) is 4.01. The number of nitrogens with one attached hydrogen (secondary N) is 1. The third-order valence-corrected chi connectivity index (χ3v) is 2.36. The lowest BCUT2D eigenvalue weighted by Crippen LogP contribution is -2.24. The summed E-state index contributed by atoms with van der Waals surface area (Å²) in [7, 11) is 0. The molecule has 0 atom stereocenters. The molecule has 1 N–H and O–H groups in total. The van der Waals surface area contributed by atoms with Crippen LogP contribution >= 0.6 is 0 Å².